The Hall–Kier alpha value is -4.28. The van der Waals surface area contributed by atoms with Gasteiger partial charge in [0.1, 0.15) is 25.8 Å². The van der Waals surface area contributed by atoms with E-state index < -0.39 is 5.44 Å². The van der Waals surface area contributed by atoms with Crippen molar-refractivity contribution in [1.82, 2.24) is 21.0 Å². The van der Waals surface area contributed by atoms with Crippen LogP contribution in [0, 0.1) is 33.9 Å². The molecule has 2 aliphatic carbocycles. The molecule has 0 bridgehead atoms. The van der Waals surface area contributed by atoms with Gasteiger partial charge in [-0.1, -0.05) is 32.4 Å². The summed E-state index contributed by atoms with van der Waals surface area (Å²) in [4.78, 5) is 4.52. The molecule has 0 amide bonds. The number of hydrogen-bond donors (Lipinski definition) is 4. The van der Waals surface area contributed by atoms with Crippen LogP contribution in [0.2, 0.25) is 0 Å². The molecule has 6 rings (SSSR count). The van der Waals surface area contributed by atoms with Crippen LogP contribution < -0.4 is 21.6 Å². The number of nitrogens with zero attached hydrogens (tertiary/aromatic N) is 4. The van der Waals surface area contributed by atoms with E-state index >= 15 is 0 Å². The fraction of sp³-hybridized carbons (Fsp3) is 0.367. The highest BCUT2D eigenvalue weighted by Crippen LogP contribution is 2.42. The highest BCUT2D eigenvalue weighted by atomic mass is 19.1. The number of nitriles is 2. The highest BCUT2D eigenvalue weighted by Gasteiger charge is 2.38. The van der Waals surface area contributed by atoms with Crippen LogP contribution in [0.1, 0.15) is 62.6 Å². The number of benzene rings is 2. The Labute approximate surface area is 234 Å². The zero-order chi connectivity index (χ0) is 28.1. The quantitative estimate of drug-likeness (QED) is 0.332. The second-order valence-electron chi connectivity index (χ2n) is 11.9. The fourth-order valence-corrected chi connectivity index (χ4v) is 5.97. The van der Waals surface area contributed by atoms with Gasteiger partial charge in [0.15, 0.2) is 0 Å². The number of hydrogen-bond acceptors (Lipinski definition) is 8. The predicted octanol–water partition coefficient (Wildman–Crippen LogP) is 4.33. The van der Waals surface area contributed by atoms with Crippen molar-refractivity contribution >= 4 is 30.1 Å². The van der Waals surface area contributed by atoms with E-state index in [1.807, 2.05) is 20.1 Å². The maximum absolute atomic E-state index is 13.9. The molecule has 1 aliphatic heterocycles. The minimum Gasteiger partial charge on any atom is -0.380 e. The summed E-state index contributed by atoms with van der Waals surface area (Å²) in [5.74, 6) is -0.310. The van der Waals surface area contributed by atoms with E-state index in [2.05, 4.69) is 57.6 Å². The average molecular weight is 534 g/mol. The van der Waals surface area contributed by atoms with Crippen LogP contribution in [0.4, 0.5) is 15.8 Å². The summed E-state index contributed by atoms with van der Waals surface area (Å²) in [5, 5.41) is 30.2. The number of hydrazine groups is 2. The van der Waals surface area contributed by atoms with E-state index in [-0.39, 0.29) is 17.3 Å². The molecule has 202 valence electrons. The Morgan fingerprint density at radius 3 is 2.52 bits per heavy atom. The molecular weight excluding hydrogens is 502 g/mol. The maximum Gasteiger partial charge on any atom is 0.148 e. The molecule has 2 saturated carbocycles. The smallest absolute Gasteiger partial charge is 0.148 e. The summed E-state index contributed by atoms with van der Waals surface area (Å²) in [5.41, 5.74) is 10.3. The second kappa shape index (κ2) is 9.73. The normalized spacial score (nSPS) is 21.2. The SMILES string of the molecule is BC(Nc1cc(C#N)c2ncc(C#N)c(NC3CCCC3(C)C)c2c1)(C1=CN(C2CC2)NN1)c1ccc(F)cc1. The Morgan fingerprint density at radius 2 is 1.88 bits per heavy atom. The largest absolute Gasteiger partial charge is 0.380 e. The first-order valence-corrected chi connectivity index (χ1v) is 13.8. The number of halogens is 1. The summed E-state index contributed by atoms with van der Waals surface area (Å²) in [7, 11) is 2.03. The van der Waals surface area contributed by atoms with E-state index in [1.54, 1.807) is 24.4 Å². The molecule has 2 heterocycles. The van der Waals surface area contributed by atoms with Crippen molar-refractivity contribution < 1.29 is 4.39 Å². The summed E-state index contributed by atoms with van der Waals surface area (Å²) >= 11 is 0. The first-order chi connectivity index (χ1) is 19.2. The number of nitrogens with one attached hydrogen (secondary N) is 4. The van der Waals surface area contributed by atoms with Gasteiger partial charge in [-0.2, -0.15) is 10.5 Å². The molecule has 2 aromatic carbocycles. The Balaban J connectivity index is 1.47. The van der Waals surface area contributed by atoms with Gasteiger partial charge >= 0.3 is 0 Å². The van der Waals surface area contributed by atoms with Gasteiger partial charge in [-0.3, -0.25) is 9.99 Å². The van der Waals surface area contributed by atoms with Gasteiger partial charge in [-0.15, -0.1) is 5.53 Å². The van der Waals surface area contributed by atoms with Crippen LogP contribution in [0.3, 0.4) is 0 Å². The van der Waals surface area contributed by atoms with Gasteiger partial charge in [0.25, 0.3) is 0 Å². The van der Waals surface area contributed by atoms with Crippen LogP contribution in [-0.4, -0.2) is 29.9 Å². The van der Waals surface area contributed by atoms with Crippen LogP contribution >= 0.6 is 0 Å². The van der Waals surface area contributed by atoms with Gasteiger partial charge in [0.2, 0.25) is 0 Å². The topological polar surface area (TPSA) is 112 Å². The van der Waals surface area contributed by atoms with Crippen molar-refractivity contribution in [3.8, 4) is 12.1 Å². The molecule has 0 spiro atoms. The molecule has 2 atom stereocenters. The Kier molecular flexibility index (Phi) is 6.32. The lowest BCUT2D eigenvalue weighted by Gasteiger charge is -2.34. The minimum absolute atomic E-state index is 0.0818. The molecule has 1 aromatic heterocycles. The highest BCUT2D eigenvalue weighted by molar-refractivity contribution is 6.19. The molecule has 40 heavy (non-hydrogen) atoms. The van der Waals surface area contributed by atoms with Gasteiger partial charge in [0, 0.05) is 35.6 Å². The average Bonchev–Trinajstić information content (AvgIpc) is 3.57. The third-order valence-electron chi connectivity index (χ3n) is 8.67. The van der Waals surface area contributed by atoms with E-state index in [0.29, 0.717) is 34.1 Å². The summed E-state index contributed by atoms with van der Waals surface area (Å²) < 4.78 is 13.9. The molecule has 0 radical (unpaired) electrons. The molecule has 10 heteroatoms. The lowest BCUT2D eigenvalue weighted by Crippen LogP contribution is -2.45. The molecule has 8 nitrogen and oxygen atoms in total. The zero-order valence-corrected chi connectivity index (χ0v) is 23.0. The molecule has 3 aliphatic rings. The van der Waals surface area contributed by atoms with E-state index in [4.69, 9.17) is 0 Å². The fourth-order valence-electron chi connectivity index (χ4n) is 5.97. The standard InChI is InChI=1S/C30H32BFN8/c1-29(2)11-3-4-25(29)36-28-19(15-34)16-35-27-18(14-33)12-22(13-24(27)28)37-30(31,20-5-7-21(32)8-6-20)26-17-40(39-38-26)23-9-10-23/h5-8,12-13,16-17,23,25,37-39H,3-4,9-11,31H2,1-2H3,(H,35,36). The lowest BCUT2D eigenvalue weighted by atomic mass is 9.69. The third-order valence-corrected chi connectivity index (χ3v) is 8.67. The second-order valence-corrected chi connectivity index (χ2v) is 11.9. The molecule has 2 unspecified atom stereocenters. The Morgan fingerprint density at radius 1 is 1.12 bits per heavy atom. The monoisotopic (exact) mass is 534 g/mol. The number of rotatable bonds is 7. The zero-order valence-electron chi connectivity index (χ0n) is 23.0. The maximum atomic E-state index is 13.9. The van der Waals surface area contributed by atoms with Gasteiger partial charge in [-0.25, -0.2) is 4.39 Å². The number of fused-ring (bicyclic) bond motifs is 1. The van der Waals surface area contributed by atoms with Crippen LogP contribution in [0.25, 0.3) is 10.9 Å². The van der Waals surface area contributed by atoms with Crippen LogP contribution in [0.15, 0.2) is 54.5 Å². The number of pyridine rings is 1. The summed E-state index contributed by atoms with van der Waals surface area (Å²) in [6.07, 6.45) is 9.08. The van der Waals surface area contributed by atoms with Crippen molar-refractivity contribution in [3.05, 3.63) is 77.0 Å². The minimum atomic E-state index is -0.800. The summed E-state index contributed by atoms with van der Waals surface area (Å²) in [6, 6.07) is 15.4. The van der Waals surface area contributed by atoms with Crippen LogP contribution in [0.5, 0.6) is 0 Å². The number of anilines is 2. The first-order valence-electron chi connectivity index (χ1n) is 13.8. The summed E-state index contributed by atoms with van der Waals surface area (Å²) in [6.45, 7) is 4.49. The van der Waals surface area contributed by atoms with Crippen molar-refractivity contribution in [3.63, 3.8) is 0 Å². The number of aromatic nitrogens is 1. The molecule has 2 fully saturated rings. The first kappa shape index (κ1) is 26.0. The van der Waals surface area contributed by atoms with E-state index in [0.717, 1.165) is 48.8 Å². The van der Waals surface area contributed by atoms with Gasteiger partial charge < -0.3 is 16.1 Å². The molecular formula is C30H32BFN8. The van der Waals surface area contributed by atoms with Gasteiger partial charge in [-0.05, 0) is 60.9 Å². The van der Waals surface area contributed by atoms with E-state index in [9.17, 15) is 14.9 Å². The predicted molar refractivity (Wildman–Crippen MR) is 156 cm³/mol. The van der Waals surface area contributed by atoms with Crippen molar-refractivity contribution in [2.45, 2.75) is 63.5 Å². The molecule has 3 aromatic rings. The van der Waals surface area contributed by atoms with Crippen molar-refractivity contribution in [2.75, 3.05) is 10.6 Å². The van der Waals surface area contributed by atoms with Gasteiger partial charge in [0.05, 0.1) is 33.5 Å². The molecule has 4 N–H and O–H groups in total. The Bertz CT molecular complexity index is 1580. The lowest BCUT2D eigenvalue weighted by molar-refractivity contribution is 0.260. The molecule has 0 saturated heterocycles. The van der Waals surface area contributed by atoms with Crippen molar-refractivity contribution in [2.24, 2.45) is 5.41 Å². The van der Waals surface area contributed by atoms with Crippen molar-refractivity contribution in [1.29, 1.82) is 10.5 Å². The van der Waals surface area contributed by atoms with Crippen LogP contribution in [-0.2, 0) is 5.44 Å². The third kappa shape index (κ3) is 4.59. The van der Waals surface area contributed by atoms with E-state index in [1.165, 1.54) is 12.1 Å².